The van der Waals surface area contributed by atoms with Gasteiger partial charge in [0.15, 0.2) is 10.9 Å². The van der Waals surface area contributed by atoms with Gasteiger partial charge in [-0.15, -0.1) is 11.3 Å². The molecule has 146 valence electrons. The van der Waals surface area contributed by atoms with E-state index in [0.29, 0.717) is 33.0 Å². The fourth-order valence-electron chi connectivity index (χ4n) is 2.69. The molecule has 0 spiro atoms. The standard InChI is InChI=1S/C20H21N3O3S2/c1-5-16(25)21-14-8-6-13(7-9-14)15(24)10-27-20-22-18-17(19(26)23(20)4)11(2)12(3)28-18/h6-9H,5,10H2,1-4H3,(H,21,25). The quantitative estimate of drug-likeness (QED) is 0.375. The maximum absolute atomic E-state index is 12.6. The van der Waals surface area contributed by atoms with Crippen LogP contribution in [-0.2, 0) is 11.8 Å². The van der Waals surface area contributed by atoms with Crippen LogP contribution >= 0.6 is 23.1 Å². The number of anilines is 1. The summed E-state index contributed by atoms with van der Waals surface area (Å²) in [6.45, 7) is 5.69. The zero-order valence-corrected chi connectivity index (χ0v) is 17.8. The van der Waals surface area contributed by atoms with Gasteiger partial charge in [-0.05, 0) is 43.7 Å². The molecular formula is C20H21N3O3S2. The summed E-state index contributed by atoms with van der Waals surface area (Å²) in [5.74, 6) is 0.0396. The smallest absolute Gasteiger partial charge is 0.262 e. The van der Waals surface area contributed by atoms with Crippen LogP contribution in [0.4, 0.5) is 5.69 Å². The Labute approximate surface area is 171 Å². The lowest BCUT2D eigenvalue weighted by Crippen LogP contribution is -2.20. The maximum Gasteiger partial charge on any atom is 0.262 e. The molecule has 0 radical (unpaired) electrons. The van der Waals surface area contributed by atoms with Gasteiger partial charge in [-0.25, -0.2) is 4.98 Å². The first-order valence-electron chi connectivity index (χ1n) is 8.84. The zero-order chi connectivity index (χ0) is 20.4. The van der Waals surface area contributed by atoms with E-state index in [1.54, 1.807) is 38.2 Å². The third-order valence-corrected chi connectivity index (χ3v) is 6.64. The summed E-state index contributed by atoms with van der Waals surface area (Å²) in [5, 5.41) is 3.93. The Morgan fingerprint density at radius 3 is 2.54 bits per heavy atom. The normalized spacial score (nSPS) is 11.0. The van der Waals surface area contributed by atoms with Crippen molar-refractivity contribution in [3.05, 3.63) is 50.6 Å². The molecule has 8 heteroatoms. The van der Waals surface area contributed by atoms with Crippen molar-refractivity contribution < 1.29 is 9.59 Å². The fraction of sp³-hybridized carbons (Fsp3) is 0.300. The van der Waals surface area contributed by atoms with E-state index in [9.17, 15) is 14.4 Å². The number of nitrogens with one attached hydrogen (secondary N) is 1. The number of thioether (sulfide) groups is 1. The van der Waals surface area contributed by atoms with Crippen LogP contribution in [-0.4, -0.2) is 27.0 Å². The number of nitrogens with zero attached hydrogens (tertiary/aromatic N) is 2. The van der Waals surface area contributed by atoms with Crippen molar-refractivity contribution >= 4 is 50.7 Å². The van der Waals surface area contributed by atoms with Gasteiger partial charge < -0.3 is 5.32 Å². The third kappa shape index (κ3) is 4.02. The minimum absolute atomic E-state index is 0.0637. The molecule has 0 unspecified atom stereocenters. The molecule has 1 amide bonds. The molecule has 3 rings (SSSR count). The van der Waals surface area contributed by atoms with E-state index in [4.69, 9.17) is 0 Å². The van der Waals surface area contributed by atoms with E-state index >= 15 is 0 Å². The van der Waals surface area contributed by atoms with Crippen molar-refractivity contribution in [1.82, 2.24) is 9.55 Å². The summed E-state index contributed by atoms with van der Waals surface area (Å²) in [7, 11) is 1.68. The fourth-order valence-corrected chi connectivity index (χ4v) is 4.62. The third-order valence-electron chi connectivity index (χ3n) is 4.51. The number of hydrogen-bond acceptors (Lipinski definition) is 6. The molecule has 1 aromatic carbocycles. The number of Topliss-reactive ketones (excluding diaryl/α,β-unsaturated/α-hetero) is 1. The van der Waals surface area contributed by atoms with Crippen molar-refractivity contribution in [2.24, 2.45) is 7.05 Å². The lowest BCUT2D eigenvalue weighted by molar-refractivity contribution is -0.115. The van der Waals surface area contributed by atoms with Crippen molar-refractivity contribution in [1.29, 1.82) is 0 Å². The molecule has 0 bridgehead atoms. The number of thiophene rings is 1. The van der Waals surface area contributed by atoms with E-state index in [1.807, 2.05) is 13.8 Å². The van der Waals surface area contributed by atoms with E-state index in [0.717, 1.165) is 10.4 Å². The van der Waals surface area contributed by atoms with E-state index in [2.05, 4.69) is 10.3 Å². The Kier molecular flexibility index (Phi) is 6.00. The first-order chi connectivity index (χ1) is 13.3. The van der Waals surface area contributed by atoms with Gasteiger partial charge in [-0.1, -0.05) is 18.7 Å². The van der Waals surface area contributed by atoms with Crippen molar-refractivity contribution in [3.63, 3.8) is 0 Å². The molecule has 0 fully saturated rings. The predicted molar refractivity (Wildman–Crippen MR) is 115 cm³/mol. The lowest BCUT2D eigenvalue weighted by Gasteiger charge is -2.08. The van der Waals surface area contributed by atoms with Crippen LogP contribution in [0.1, 0.15) is 34.1 Å². The first kappa shape index (κ1) is 20.3. The molecule has 0 atom stereocenters. The second-order valence-corrected chi connectivity index (χ2v) is 8.56. The number of fused-ring (bicyclic) bond motifs is 1. The van der Waals surface area contributed by atoms with Crippen LogP contribution in [0.25, 0.3) is 10.2 Å². The molecule has 28 heavy (non-hydrogen) atoms. The molecule has 1 N–H and O–H groups in total. The van der Waals surface area contributed by atoms with Crippen molar-refractivity contribution in [2.45, 2.75) is 32.3 Å². The van der Waals surface area contributed by atoms with Crippen LogP contribution in [0.3, 0.4) is 0 Å². The highest BCUT2D eigenvalue weighted by molar-refractivity contribution is 7.99. The number of benzene rings is 1. The second kappa shape index (κ2) is 8.28. The number of carbonyl (C=O) groups is 2. The average Bonchev–Trinajstić information content (AvgIpc) is 2.97. The first-order valence-corrected chi connectivity index (χ1v) is 10.6. The van der Waals surface area contributed by atoms with Gasteiger partial charge >= 0.3 is 0 Å². The molecule has 3 aromatic rings. The number of carbonyl (C=O) groups excluding carboxylic acids is 2. The highest BCUT2D eigenvalue weighted by Gasteiger charge is 2.16. The Hall–Kier alpha value is -2.45. The molecule has 0 aliphatic rings. The minimum atomic E-state index is -0.0854. The Morgan fingerprint density at radius 1 is 1.21 bits per heavy atom. The van der Waals surface area contributed by atoms with Crippen LogP contribution in [0.15, 0.2) is 34.2 Å². The number of rotatable bonds is 6. The highest BCUT2D eigenvalue weighted by Crippen LogP contribution is 2.28. The summed E-state index contributed by atoms with van der Waals surface area (Å²) in [6, 6.07) is 6.80. The number of hydrogen-bond donors (Lipinski definition) is 1. The summed E-state index contributed by atoms with van der Waals surface area (Å²) in [4.78, 5) is 42.9. The lowest BCUT2D eigenvalue weighted by atomic mass is 10.1. The van der Waals surface area contributed by atoms with Gasteiger partial charge in [0, 0.05) is 29.6 Å². The van der Waals surface area contributed by atoms with E-state index in [1.165, 1.54) is 27.7 Å². The van der Waals surface area contributed by atoms with Crippen molar-refractivity contribution in [3.8, 4) is 0 Å². The average molecular weight is 416 g/mol. The van der Waals surface area contributed by atoms with Gasteiger partial charge in [-0.3, -0.25) is 19.0 Å². The van der Waals surface area contributed by atoms with Crippen LogP contribution < -0.4 is 10.9 Å². The van der Waals surface area contributed by atoms with Crippen molar-refractivity contribution in [2.75, 3.05) is 11.1 Å². The summed E-state index contributed by atoms with van der Waals surface area (Å²) in [5.41, 5.74) is 2.10. The molecule has 0 aliphatic heterocycles. The zero-order valence-electron chi connectivity index (χ0n) is 16.2. The summed E-state index contributed by atoms with van der Waals surface area (Å²) < 4.78 is 1.50. The van der Waals surface area contributed by atoms with Crippen LogP contribution in [0, 0.1) is 13.8 Å². The van der Waals surface area contributed by atoms with Gasteiger partial charge in [0.2, 0.25) is 5.91 Å². The molecule has 6 nitrogen and oxygen atoms in total. The highest BCUT2D eigenvalue weighted by atomic mass is 32.2. The Bertz CT molecular complexity index is 1110. The number of ketones is 1. The largest absolute Gasteiger partial charge is 0.326 e. The van der Waals surface area contributed by atoms with Gasteiger partial charge in [-0.2, -0.15) is 0 Å². The Morgan fingerprint density at radius 2 is 1.89 bits per heavy atom. The summed E-state index contributed by atoms with van der Waals surface area (Å²) in [6.07, 6.45) is 0.399. The number of aryl methyl sites for hydroxylation is 2. The monoisotopic (exact) mass is 415 g/mol. The van der Waals surface area contributed by atoms with E-state index in [-0.39, 0.29) is 23.0 Å². The summed E-state index contributed by atoms with van der Waals surface area (Å²) >= 11 is 2.75. The van der Waals surface area contributed by atoms with Crippen LogP contribution in [0.2, 0.25) is 0 Å². The molecule has 2 heterocycles. The van der Waals surface area contributed by atoms with Gasteiger partial charge in [0.05, 0.1) is 11.1 Å². The number of amides is 1. The Balaban J connectivity index is 1.75. The molecular weight excluding hydrogens is 394 g/mol. The maximum atomic E-state index is 12.6. The molecule has 2 aromatic heterocycles. The topological polar surface area (TPSA) is 81.1 Å². The van der Waals surface area contributed by atoms with Gasteiger partial charge in [0.1, 0.15) is 4.83 Å². The SMILES string of the molecule is CCC(=O)Nc1ccc(C(=O)CSc2nc3sc(C)c(C)c3c(=O)n2C)cc1. The van der Waals surface area contributed by atoms with Crippen LogP contribution in [0.5, 0.6) is 0 Å². The molecule has 0 saturated carbocycles. The van der Waals surface area contributed by atoms with Gasteiger partial charge in [0.25, 0.3) is 5.56 Å². The molecule has 0 aliphatic carbocycles. The number of aromatic nitrogens is 2. The van der Waals surface area contributed by atoms with E-state index < -0.39 is 0 Å². The minimum Gasteiger partial charge on any atom is -0.326 e. The molecule has 0 saturated heterocycles. The predicted octanol–water partition coefficient (Wildman–Crippen LogP) is 3.94. The second-order valence-electron chi connectivity index (χ2n) is 6.41.